The Morgan fingerprint density at radius 1 is 1.00 bits per heavy atom. The van der Waals surface area contributed by atoms with Crippen molar-refractivity contribution in [1.82, 2.24) is 10.7 Å². The number of hydrazone groups is 1. The molecule has 0 heterocycles. The Bertz CT molecular complexity index is 851. The summed E-state index contributed by atoms with van der Waals surface area (Å²) in [6, 6.07) is 13.3. The predicted octanol–water partition coefficient (Wildman–Crippen LogP) is 3.94. The van der Waals surface area contributed by atoms with Gasteiger partial charge in [0, 0.05) is 17.8 Å². The molecule has 2 amide bonds. The first-order chi connectivity index (χ1) is 13.1. The molecule has 148 valence electrons. The highest BCUT2D eigenvalue weighted by Crippen LogP contribution is 2.22. The number of rotatable bonds is 6. The average Bonchev–Trinajstić information content (AvgIpc) is 2.65. The lowest BCUT2D eigenvalue weighted by molar-refractivity contribution is -0.120. The molecule has 0 aliphatic heterocycles. The predicted molar refractivity (Wildman–Crippen MR) is 109 cm³/mol. The maximum Gasteiger partial charge on any atom is 0.271 e. The van der Waals surface area contributed by atoms with Crippen LogP contribution in [0.3, 0.4) is 0 Å². The van der Waals surface area contributed by atoms with Crippen LogP contribution in [-0.2, 0) is 16.8 Å². The van der Waals surface area contributed by atoms with E-state index in [2.05, 4.69) is 36.6 Å². The van der Waals surface area contributed by atoms with E-state index < -0.39 is 0 Å². The van der Waals surface area contributed by atoms with Gasteiger partial charge in [0.1, 0.15) is 5.82 Å². The number of carbonyl (C=O) groups is 2. The molecule has 0 spiro atoms. The number of carbonyl (C=O) groups excluding carboxylic acids is 2. The Morgan fingerprint density at radius 2 is 1.61 bits per heavy atom. The molecule has 5 nitrogen and oxygen atoms in total. The molecule has 0 atom stereocenters. The van der Waals surface area contributed by atoms with Gasteiger partial charge in [-0.1, -0.05) is 45.0 Å². The highest BCUT2D eigenvalue weighted by atomic mass is 19.1. The van der Waals surface area contributed by atoms with Gasteiger partial charge in [-0.05, 0) is 47.7 Å². The van der Waals surface area contributed by atoms with Crippen molar-refractivity contribution in [2.24, 2.45) is 5.10 Å². The van der Waals surface area contributed by atoms with E-state index in [9.17, 15) is 14.0 Å². The first-order valence-electron chi connectivity index (χ1n) is 9.10. The molecule has 0 saturated heterocycles. The molecule has 0 aromatic heterocycles. The summed E-state index contributed by atoms with van der Waals surface area (Å²) in [7, 11) is 0. The number of halogens is 1. The number of benzene rings is 2. The fraction of sp³-hybridized carbons (Fsp3) is 0.318. The molecule has 0 radical (unpaired) electrons. The van der Waals surface area contributed by atoms with Crippen LogP contribution in [0.5, 0.6) is 0 Å². The number of amides is 2. The van der Waals surface area contributed by atoms with Crippen LogP contribution >= 0.6 is 0 Å². The third-order valence-electron chi connectivity index (χ3n) is 4.18. The molecule has 2 aromatic carbocycles. The van der Waals surface area contributed by atoms with Crippen molar-refractivity contribution in [3.63, 3.8) is 0 Å². The van der Waals surface area contributed by atoms with Crippen molar-refractivity contribution in [2.45, 2.75) is 46.1 Å². The lowest BCUT2D eigenvalue weighted by atomic mass is 9.87. The maximum absolute atomic E-state index is 12.9. The Kier molecular flexibility index (Phi) is 7.04. The van der Waals surface area contributed by atoms with Crippen molar-refractivity contribution >= 4 is 17.5 Å². The summed E-state index contributed by atoms with van der Waals surface area (Å²) in [5.41, 5.74) is 5.42. The molecule has 2 aromatic rings. The molecule has 2 rings (SSSR count). The molecular weight excluding hydrogens is 357 g/mol. The number of hydrogen-bond donors (Lipinski definition) is 2. The summed E-state index contributed by atoms with van der Waals surface area (Å²) in [6.45, 7) is 8.30. The topological polar surface area (TPSA) is 70.6 Å². The van der Waals surface area contributed by atoms with Gasteiger partial charge in [0.05, 0.1) is 6.42 Å². The van der Waals surface area contributed by atoms with Crippen LogP contribution in [0.25, 0.3) is 0 Å². The van der Waals surface area contributed by atoms with E-state index in [1.807, 2.05) is 12.1 Å². The van der Waals surface area contributed by atoms with E-state index in [1.54, 1.807) is 31.2 Å². The molecule has 0 aliphatic rings. The molecule has 0 saturated carbocycles. The average molecular weight is 383 g/mol. The first kappa shape index (κ1) is 21.3. The van der Waals surface area contributed by atoms with Crippen LogP contribution in [-0.4, -0.2) is 17.5 Å². The number of hydrogen-bond acceptors (Lipinski definition) is 3. The van der Waals surface area contributed by atoms with Crippen LogP contribution < -0.4 is 10.7 Å². The molecule has 6 heteroatoms. The summed E-state index contributed by atoms with van der Waals surface area (Å²) < 4.78 is 12.9. The molecule has 2 N–H and O–H groups in total. The molecule has 0 unspecified atom stereocenters. The zero-order valence-electron chi connectivity index (χ0n) is 16.7. The number of nitrogens with one attached hydrogen (secondary N) is 2. The molecule has 0 aliphatic carbocycles. The molecule has 0 bridgehead atoms. The van der Waals surface area contributed by atoms with Crippen LogP contribution in [0.2, 0.25) is 0 Å². The Morgan fingerprint density at radius 3 is 2.18 bits per heavy atom. The monoisotopic (exact) mass is 383 g/mol. The van der Waals surface area contributed by atoms with Crippen LogP contribution in [0.1, 0.15) is 55.6 Å². The highest BCUT2D eigenvalue weighted by Gasteiger charge is 2.14. The molecular formula is C22H26FN3O2. The van der Waals surface area contributed by atoms with E-state index in [4.69, 9.17) is 0 Å². The fourth-order valence-electron chi connectivity index (χ4n) is 2.47. The second-order valence-corrected chi connectivity index (χ2v) is 7.70. The smallest absolute Gasteiger partial charge is 0.271 e. The lowest BCUT2D eigenvalue weighted by Crippen LogP contribution is -2.26. The van der Waals surface area contributed by atoms with Crippen molar-refractivity contribution < 1.29 is 14.0 Å². The Balaban J connectivity index is 1.83. The van der Waals surface area contributed by atoms with E-state index in [0.717, 1.165) is 11.1 Å². The van der Waals surface area contributed by atoms with Gasteiger partial charge in [0.25, 0.3) is 5.91 Å². The van der Waals surface area contributed by atoms with Gasteiger partial charge in [-0.15, -0.1) is 0 Å². The van der Waals surface area contributed by atoms with Gasteiger partial charge >= 0.3 is 0 Å². The third kappa shape index (κ3) is 6.61. The van der Waals surface area contributed by atoms with Crippen molar-refractivity contribution in [1.29, 1.82) is 0 Å². The second kappa shape index (κ2) is 9.26. The first-order valence-corrected chi connectivity index (χ1v) is 9.10. The second-order valence-electron chi connectivity index (χ2n) is 7.70. The van der Waals surface area contributed by atoms with Gasteiger partial charge < -0.3 is 5.32 Å². The van der Waals surface area contributed by atoms with E-state index in [0.29, 0.717) is 17.8 Å². The van der Waals surface area contributed by atoms with Gasteiger partial charge in [-0.3, -0.25) is 9.59 Å². The Labute approximate surface area is 165 Å². The minimum absolute atomic E-state index is 0.0189. The van der Waals surface area contributed by atoms with Gasteiger partial charge in [0.2, 0.25) is 5.91 Å². The SMILES string of the molecule is C/C(CC(=O)NCc1ccc(F)cc1)=N/NC(=O)c1ccc(C(C)(C)C)cc1. The van der Waals surface area contributed by atoms with E-state index in [-0.39, 0.29) is 29.5 Å². The van der Waals surface area contributed by atoms with E-state index in [1.165, 1.54) is 12.1 Å². The zero-order chi connectivity index (χ0) is 20.7. The van der Waals surface area contributed by atoms with Crippen molar-refractivity contribution in [3.8, 4) is 0 Å². The summed E-state index contributed by atoms with van der Waals surface area (Å²) in [5, 5.41) is 6.72. The highest BCUT2D eigenvalue weighted by molar-refractivity contribution is 6.01. The molecule has 28 heavy (non-hydrogen) atoms. The maximum atomic E-state index is 12.9. The van der Waals surface area contributed by atoms with E-state index >= 15 is 0 Å². The zero-order valence-corrected chi connectivity index (χ0v) is 16.7. The van der Waals surface area contributed by atoms with Crippen LogP contribution in [0, 0.1) is 5.82 Å². The van der Waals surface area contributed by atoms with Crippen LogP contribution in [0.15, 0.2) is 53.6 Å². The quantitative estimate of drug-likeness (QED) is 0.586. The third-order valence-corrected chi connectivity index (χ3v) is 4.18. The summed E-state index contributed by atoms with van der Waals surface area (Å²) >= 11 is 0. The van der Waals surface area contributed by atoms with Crippen molar-refractivity contribution in [3.05, 3.63) is 71.0 Å². The largest absolute Gasteiger partial charge is 0.352 e. The minimum Gasteiger partial charge on any atom is -0.352 e. The Hall–Kier alpha value is -3.02. The minimum atomic E-state index is -0.327. The summed E-state index contributed by atoms with van der Waals surface area (Å²) in [6.07, 6.45) is 0.0600. The van der Waals surface area contributed by atoms with Gasteiger partial charge in [-0.2, -0.15) is 5.10 Å². The summed E-state index contributed by atoms with van der Waals surface area (Å²) in [4.78, 5) is 24.1. The van der Waals surface area contributed by atoms with Crippen molar-refractivity contribution in [2.75, 3.05) is 0 Å². The number of nitrogens with zero attached hydrogens (tertiary/aromatic N) is 1. The summed E-state index contributed by atoms with van der Waals surface area (Å²) in [5.74, 6) is -0.872. The van der Waals surface area contributed by atoms with Gasteiger partial charge in [-0.25, -0.2) is 9.82 Å². The lowest BCUT2D eigenvalue weighted by Gasteiger charge is -2.18. The fourth-order valence-corrected chi connectivity index (χ4v) is 2.47. The molecule has 0 fully saturated rings. The van der Waals surface area contributed by atoms with Gasteiger partial charge in [0.15, 0.2) is 0 Å². The van der Waals surface area contributed by atoms with Crippen LogP contribution in [0.4, 0.5) is 4.39 Å². The standard InChI is InChI=1S/C22H26FN3O2/c1-15(13-20(27)24-14-16-5-11-19(23)12-6-16)25-26-21(28)17-7-9-18(10-8-17)22(2,3)4/h5-12H,13-14H2,1-4H3,(H,24,27)(H,26,28)/b25-15-. The normalized spacial score (nSPS) is 11.8.